The average Bonchev–Trinajstić information content (AvgIpc) is 2.56. The third kappa shape index (κ3) is 6.20. The van der Waals surface area contributed by atoms with Crippen molar-refractivity contribution in [3.05, 3.63) is 42.2 Å². The van der Waals surface area contributed by atoms with E-state index in [1.165, 1.54) is 6.07 Å². The monoisotopic (exact) mass is 339 g/mol. The summed E-state index contributed by atoms with van der Waals surface area (Å²) in [6.45, 7) is 8.88. The molecule has 1 aromatic carbocycles. The highest BCUT2D eigenvalue weighted by molar-refractivity contribution is 5.29. The molecule has 1 heterocycles. The minimum Gasteiger partial charge on any atom is -0.488 e. The molecule has 0 spiro atoms. The van der Waals surface area contributed by atoms with E-state index in [1.54, 1.807) is 18.2 Å². The first-order valence-corrected chi connectivity index (χ1v) is 8.18. The number of morpholine rings is 1. The van der Waals surface area contributed by atoms with Crippen LogP contribution in [-0.2, 0) is 9.47 Å². The van der Waals surface area contributed by atoms with E-state index in [0.29, 0.717) is 26.3 Å². The van der Waals surface area contributed by atoms with E-state index >= 15 is 0 Å². The quantitative estimate of drug-likeness (QED) is 0.549. The fourth-order valence-corrected chi connectivity index (χ4v) is 2.59. The lowest BCUT2D eigenvalue weighted by atomic mass is 10.2. The molecule has 1 aromatic rings. The maximum atomic E-state index is 13.7. The van der Waals surface area contributed by atoms with Gasteiger partial charge < -0.3 is 19.3 Å². The van der Waals surface area contributed by atoms with Crippen molar-refractivity contribution in [2.45, 2.75) is 19.1 Å². The molecule has 0 amide bonds. The summed E-state index contributed by atoms with van der Waals surface area (Å²) in [5.74, 6) is -0.128. The molecule has 5 nitrogen and oxygen atoms in total. The fraction of sp³-hybridized carbons (Fsp3) is 0.556. The van der Waals surface area contributed by atoms with Crippen LogP contribution >= 0.6 is 0 Å². The molecule has 1 N–H and O–H groups in total. The van der Waals surface area contributed by atoms with E-state index in [9.17, 15) is 9.50 Å². The second kappa shape index (κ2) is 9.74. The first-order chi connectivity index (χ1) is 11.6. The second-order valence-corrected chi connectivity index (χ2v) is 5.98. The molecule has 0 radical (unpaired) electrons. The second-order valence-electron chi connectivity index (χ2n) is 5.98. The minimum absolute atomic E-state index is 0.153. The Morgan fingerprint density at radius 1 is 1.54 bits per heavy atom. The summed E-state index contributed by atoms with van der Waals surface area (Å²) in [6, 6.07) is 4.78. The van der Waals surface area contributed by atoms with Gasteiger partial charge in [0, 0.05) is 19.6 Å². The van der Waals surface area contributed by atoms with Gasteiger partial charge in [0.2, 0.25) is 0 Å². The predicted molar refractivity (Wildman–Crippen MR) is 89.8 cm³/mol. The highest BCUT2D eigenvalue weighted by atomic mass is 19.1. The molecule has 1 aliphatic rings. The van der Waals surface area contributed by atoms with Crippen molar-refractivity contribution in [3.63, 3.8) is 0 Å². The third-order valence-electron chi connectivity index (χ3n) is 3.75. The first-order valence-electron chi connectivity index (χ1n) is 8.18. The molecule has 134 valence electrons. The number of aliphatic hydroxyl groups is 1. The number of aliphatic hydroxyl groups excluding tert-OH is 1. The molecule has 0 unspecified atom stereocenters. The van der Waals surface area contributed by atoms with Gasteiger partial charge in [-0.25, -0.2) is 4.39 Å². The van der Waals surface area contributed by atoms with Gasteiger partial charge in [-0.1, -0.05) is 12.1 Å². The Kier molecular flexibility index (Phi) is 7.65. The summed E-state index contributed by atoms with van der Waals surface area (Å²) >= 11 is 0. The van der Waals surface area contributed by atoms with Crippen molar-refractivity contribution in [2.24, 2.45) is 0 Å². The molecular weight excluding hydrogens is 313 g/mol. The summed E-state index contributed by atoms with van der Waals surface area (Å²) in [6.07, 6.45) is 0.943. The molecule has 6 heteroatoms. The number of rotatable bonds is 9. The smallest absolute Gasteiger partial charge is 0.165 e. The van der Waals surface area contributed by atoms with Gasteiger partial charge in [-0.15, -0.1) is 6.58 Å². The normalized spacial score (nSPS) is 19.9. The first kappa shape index (κ1) is 18.9. The van der Waals surface area contributed by atoms with E-state index in [4.69, 9.17) is 14.2 Å². The summed E-state index contributed by atoms with van der Waals surface area (Å²) in [4.78, 5) is 2.10. The summed E-state index contributed by atoms with van der Waals surface area (Å²) in [5.41, 5.74) is 0.945. The maximum absolute atomic E-state index is 13.7. The highest BCUT2D eigenvalue weighted by Crippen LogP contribution is 2.19. The molecule has 1 aliphatic heterocycles. The number of benzene rings is 1. The van der Waals surface area contributed by atoms with Crippen LogP contribution in [0.5, 0.6) is 5.75 Å². The Balaban J connectivity index is 1.76. The molecule has 2 atom stereocenters. The molecule has 0 saturated carbocycles. The Morgan fingerprint density at radius 2 is 2.38 bits per heavy atom. The zero-order chi connectivity index (χ0) is 17.4. The summed E-state index contributed by atoms with van der Waals surface area (Å²) in [7, 11) is 0. The van der Waals surface area contributed by atoms with E-state index in [2.05, 4.69) is 11.5 Å². The van der Waals surface area contributed by atoms with Crippen LogP contribution in [0.4, 0.5) is 4.39 Å². The summed E-state index contributed by atoms with van der Waals surface area (Å²) in [5, 5.41) is 9.97. The van der Waals surface area contributed by atoms with E-state index in [-0.39, 0.29) is 30.9 Å². The van der Waals surface area contributed by atoms with Crippen molar-refractivity contribution in [1.82, 2.24) is 4.90 Å². The third-order valence-corrected chi connectivity index (χ3v) is 3.75. The van der Waals surface area contributed by atoms with Gasteiger partial charge >= 0.3 is 0 Å². The Morgan fingerprint density at radius 3 is 3.17 bits per heavy atom. The lowest BCUT2D eigenvalue weighted by molar-refractivity contribution is -0.0639. The number of hydrogen-bond acceptors (Lipinski definition) is 5. The van der Waals surface area contributed by atoms with E-state index in [1.807, 2.05) is 6.92 Å². The van der Waals surface area contributed by atoms with Gasteiger partial charge in [0.25, 0.3) is 0 Å². The van der Waals surface area contributed by atoms with Crippen molar-refractivity contribution < 1.29 is 23.7 Å². The van der Waals surface area contributed by atoms with Crippen LogP contribution < -0.4 is 4.74 Å². The number of nitrogens with zero attached hydrogens (tertiary/aromatic N) is 1. The van der Waals surface area contributed by atoms with Crippen LogP contribution in [0.3, 0.4) is 0 Å². The lowest BCUT2D eigenvalue weighted by Crippen LogP contribution is -2.48. The van der Waals surface area contributed by atoms with Gasteiger partial charge in [-0.05, 0) is 24.6 Å². The van der Waals surface area contributed by atoms with Crippen LogP contribution in [0.1, 0.15) is 5.56 Å². The molecular formula is C18H26FNO4. The summed E-state index contributed by atoms with van der Waals surface area (Å²) < 4.78 is 30.2. The van der Waals surface area contributed by atoms with Crippen molar-refractivity contribution >= 4 is 0 Å². The highest BCUT2D eigenvalue weighted by Gasteiger charge is 2.23. The Hall–Kier alpha value is -1.47. The van der Waals surface area contributed by atoms with Crippen molar-refractivity contribution in [3.8, 4) is 5.75 Å². The van der Waals surface area contributed by atoms with Crippen molar-refractivity contribution in [2.75, 3.05) is 46.1 Å². The maximum Gasteiger partial charge on any atom is 0.165 e. The predicted octanol–water partition coefficient (Wildman–Crippen LogP) is 1.78. The number of β-amino-alcohol motifs (C(OH)–C–C–N with tert-alkyl or cyclic N) is 1. The van der Waals surface area contributed by atoms with Crippen molar-refractivity contribution in [1.29, 1.82) is 0 Å². The molecule has 2 rings (SSSR count). The number of ether oxygens (including phenoxy) is 3. The Labute approximate surface area is 142 Å². The van der Waals surface area contributed by atoms with Gasteiger partial charge in [0.05, 0.1) is 25.9 Å². The average molecular weight is 339 g/mol. The molecule has 0 bridgehead atoms. The van der Waals surface area contributed by atoms with Crippen LogP contribution in [-0.4, -0.2) is 68.3 Å². The zero-order valence-corrected chi connectivity index (χ0v) is 14.1. The van der Waals surface area contributed by atoms with Gasteiger partial charge in [0.1, 0.15) is 12.7 Å². The Bertz CT molecular complexity index is 526. The SMILES string of the molecule is C=CCOC[C@H](O)CN1CCO[C@H](COc2cc(C)ccc2F)C1. The van der Waals surface area contributed by atoms with Crippen LogP contribution in [0.2, 0.25) is 0 Å². The number of halogens is 1. The number of hydrogen-bond donors (Lipinski definition) is 1. The molecule has 1 fully saturated rings. The van der Waals surface area contributed by atoms with Crippen LogP contribution in [0.25, 0.3) is 0 Å². The standard InChI is InChI=1S/C18H26FNO4/c1-3-7-22-12-15(21)10-20-6-8-23-16(11-20)13-24-18-9-14(2)4-5-17(18)19/h3-5,9,15-16,21H,1,6-8,10-13H2,2H3/t15-,16+/m1/s1. The molecule has 0 aliphatic carbocycles. The van der Waals surface area contributed by atoms with Crippen LogP contribution in [0, 0.1) is 12.7 Å². The number of aryl methyl sites for hydroxylation is 1. The van der Waals surface area contributed by atoms with E-state index < -0.39 is 6.10 Å². The van der Waals surface area contributed by atoms with E-state index in [0.717, 1.165) is 12.1 Å². The van der Waals surface area contributed by atoms with Gasteiger partial charge in [0.15, 0.2) is 11.6 Å². The van der Waals surface area contributed by atoms with Gasteiger partial charge in [-0.2, -0.15) is 0 Å². The topological polar surface area (TPSA) is 51.2 Å². The largest absolute Gasteiger partial charge is 0.488 e. The molecule has 1 saturated heterocycles. The fourth-order valence-electron chi connectivity index (χ4n) is 2.59. The molecule has 24 heavy (non-hydrogen) atoms. The molecule has 0 aromatic heterocycles. The van der Waals surface area contributed by atoms with Gasteiger partial charge in [-0.3, -0.25) is 4.90 Å². The zero-order valence-electron chi connectivity index (χ0n) is 14.1. The lowest BCUT2D eigenvalue weighted by Gasteiger charge is -2.33. The van der Waals surface area contributed by atoms with Crippen LogP contribution in [0.15, 0.2) is 30.9 Å². The minimum atomic E-state index is -0.557.